The van der Waals surface area contributed by atoms with Crippen LogP contribution in [-0.2, 0) is 0 Å². The Hall–Kier alpha value is -2.66. The molecule has 118 valence electrons. The SMILES string of the molecule is Cc1nc2cc(C(=O)N(C)CCO)ccc2n1-c1ccccc1. The van der Waals surface area contributed by atoms with Gasteiger partial charge in [0.25, 0.3) is 5.91 Å². The Bertz CT molecular complexity index is 840. The topological polar surface area (TPSA) is 58.4 Å². The number of aliphatic hydroxyl groups is 1. The molecule has 0 fully saturated rings. The normalized spacial score (nSPS) is 10.9. The number of benzene rings is 2. The van der Waals surface area contributed by atoms with E-state index in [0.29, 0.717) is 12.1 Å². The third-order valence-electron chi connectivity index (χ3n) is 3.87. The maximum atomic E-state index is 12.3. The van der Waals surface area contributed by atoms with Crippen molar-refractivity contribution in [2.24, 2.45) is 0 Å². The zero-order valence-electron chi connectivity index (χ0n) is 13.2. The van der Waals surface area contributed by atoms with Gasteiger partial charge in [0.2, 0.25) is 0 Å². The zero-order valence-corrected chi connectivity index (χ0v) is 13.2. The molecule has 5 nitrogen and oxygen atoms in total. The molecule has 0 spiro atoms. The highest BCUT2D eigenvalue weighted by Gasteiger charge is 2.15. The van der Waals surface area contributed by atoms with E-state index in [1.807, 2.05) is 43.3 Å². The molecule has 0 aliphatic heterocycles. The molecule has 1 amide bonds. The van der Waals surface area contributed by atoms with Gasteiger partial charge in [-0.15, -0.1) is 0 Å². The number of hydrogen-bond acceptors (Lipinski definition) is 3. The number of aliphatic hydroxyl groups excluding tert-OH is 1. The van der Waals surface area contributed by atoms with Crippen LogP contribution >= 0.6 is 0 Å². The van der Waals surface area contributed by atoms with Gasteiger partial charge in [0.15, 0.2) is 0 Å². The molecule has 0 bridgehead atoms. The number of hydrogen-bond donors (Lipinski definition) is 1. The fraction of sp³-hybridized carbons (Fsp3) is 0.222. The first kappa shape index (κ1) is 15.2. The molecule has 5 heteroatoms. The number of fused-ring (bicyclic) bond motifs is 1. The lowest BCUT2D eigenvalue weighted by atomic mass is 10.1. The second kappa shape index (κ2) is 6.22. The van der Waals surface area contributed by atoms with Crippen molar-refractivity contribution >= 4 is 16.9 Å². The van der Waals surface area contributed by atoms with Crippen molar-refractivity contribution in [3.63, 3.8) is 0 Å². The number of para-hydroxylation sites is 1. The quantitative estimate of drug-likeness (QED) is 0.805. The predicted molar refractivity (Wildman–Crippen MR) is 89.9 cm³/mol. The van der Waals surface area contributed by atoms with Gasteiger partial charge in [0.05, 0.1) is 17.6 Å². The van der Waals surface area contributed by atoms with E-state index in [9.17, 15) is 4.79 Å². The number of rotatable bonds is 4. The first-order chi connectivity index (χ1) is 11.1. The highest BCUT2D eigenvalue weighted by atomic mass is 16.3. The Morgan fingerprint density at radius 3 is 2.65 bits per heavy atom. The Morgan fingerprint density at radius 2 is 1.96 bits per heavy atom. The molecule has 23 heavy (non-hydrogen) atoms. The summed E-state index contributed by atoms with van der Waals surface area (Å²) in [6, 6.07) is 15.5. The molecule has 0 atom stereocenters. The van der Waals surface area contributed by atoms with Gasteiger partial charge in [-0.05, 0) is 37.3 Å². The van der Waals surface area contributed by atoms with Crippen molar-refractivity contribution in [3.05, 3.63) is 59.9 Å². The molecule has 2 aromatic carbocycles. The third kappa shape index (κ3) is 2.83. The molecule has 0 saturated carbocycles. The van der Waals surface area contributed by atoms with Crippen molar-refractivity contribution in [1.82, 2.24) is 14.5 Å². The summed E-state index contributed by atoms with van der Waals surface area (Å²) in [5, 5.41) is 8.96. The molecule has 1 aromatic heterocycles. The van der Waals surface area contributed by atoms with E-state index < -0.39 is 0 Å². The number of carbonyl (C=O) groups is 1. The van der Waals surface area contributed by atoms with Gasteiger partial charge < -0.3 is 10.0 Å². The molecular formula is C18H19N3O2. The van der Waals surface area contributed by atoms with Crippen LogP contribution in [0.4, 0.5) is 0 Å². The molecule has 0 saturated heterocycles. The van der Waals surface area contributed by atoms with E-state index in [4.69, 9.17) is 5.11 Å². The monoisotopic (exact) mass is 309 g/mol. The summed E-state index contributed by atoms with van der Waals surface area (Å²) in [6.45, 7) is 2.22. The molecule has 1 N–H and O–H groups in total. The molecule has 0 aliphatic rings. The van der Waals surface area contributed by atoms with E-state index in [1.165, 1.54) is 4.90 Å². The van der Waals surface area contributed by atoms with Gasteiger partial charge in [0, 0.05) is 24.8 Å². The van der Waals surface area contributed by atoms with E-state index in [0.717, 1.165) is 22.5 Å². The van der Waals surface area contributed by atoms with Gasteiger partial charge in [0.1, 0.15) is 5.82 Å². The van der Waals surface area contributed by atoms with Gasteiger partial charge in [-0.3, -0.25) is 9.36 Å². The zero-order chi connectivity index (χ0) is 16.4. The summed E-state index contributed by atoms with van der Waals surface area (Å²) < 4.78 is 2.07. The van der Waals surface area contributed by atoms with Crippen LogP contribution in [-0.4, -0.2) is 45.7 Å². The average molecular weight is 309 g/mol. The summed E-state index contributed by atoms with van der Waals surface area (Å²) in [4.78, 5) is 18.4. The minimum atomic E-state index is -0.118. The molecule has 0 radical (unpaired) electrons. The smallest absolute Gasteiger partial charge is 0.253 e. The molecule has 3 rings (SSSR count). The van der Waals surface area contributed by atoms with Crippen molar-refractivity contribution in [3.8, 4) is 5.69 Å². The summed E-state index contributed by atoms with van der Waals surface area (Å²) in [6.07, 6.45) is 0. The minimum absolute atomic E-state index is 0.0494. The number of nitrogens with zero attached hydrogens (tertiary/aromatic N) is 3. The van der Waals surface area contributed by atoms with E-state index in [1.54, 1.807) is 19.2 Å². The fourth-order valence-electron chi connectivity index (χ4n) is 2.71. The maximum Gasteiger partial charge on any atom is 0.253 e. The number of aryl methyl sites for hydroxylation is 1. The summed E-state index contributed by atoms with van der Waals surface area (Å²) >= 11 is 0. The Kier molecular flexibility index (Phi) is 4.12. The van der Waals surface area contributed by atoms with E-state index in [-0.39, 0.29) is 12.5 Å². The van der Waals surface area contributed by atoms with E-state index in [2.05, 4.69) is 9.55 Å². The molecule has 0 unspecified atom stereocenters. The summed E-state index contributed by atoms with van der Waals surface area (Å²) in [5.41, 5.74) is 3.37. The van der Waals surface area contributed by atoms with Crippen LogP contribution in [0.5, 0.6) is 0 Å². The van der Waals surface area contributed by atoms with Gasteiger partial charge in [-0.2, -0.15) is 0 Å². The van der Waals surface area contributed by atoms with Crippen LogP contribution in [0.15, 0.2) is 48.5 Å². The van der Waals surface area contributed by atoms with Crippen LogP contribution in [0.3, 0.4) is 0 Å². The second-order valence-corrected chi connectivity index (χ2v) is 5.48. The Morgan fingerprint density at radius 1 is 1.22 bits per heavy atom. The van der Waals surface area contributed by atoms with Gasteiger partial charge in [-0.25, -0.2) is 4.98 Å². The average Bonchev–Trinajstić information content (AvgIpc) is 2.90. The van der Waals surface area contributed by atoms with Crippen LogP contribution in [0.25, 0.3) is 16.7 Å². The van der Waals surface area contributed by atoms with Crippen LogP contribution in [0.1, 0.15) is 16.2 Å². The fourth-order valence-corrected chi connectivity index (χ4v) is 2.71. The highest BCUT2D eigenvalue weighted by molar-refractivity contribution is 5.97. The highest BCUT2D eigenvalue weighted by Crippen LogP contribution is 2.22. The van der Waals surface area contributed by atoms with Crippen molar-refractivity contribution in [1.29, 1.82) is 0 Å². The number of likely N-dealkylation sites (N-methyl/N-ethyl adjacent to an activating group) is 1. The van der Waals surface area contributed by atoms with Crippen LogP contribution in [0, 0.1) is 6.92 Å². The molecule has 1 heterocycles. The number of carbonyl (C=O) groups excluding carboxylic acids is 1. The van der Waals surface area contributed by atoms with Gasteiger partial charge in [-0.1, -0.05) is 18.2 Å². The number of amides is 1. The third-order valence-corrected chi connectivity index (χ3v) is 3.87. The van der Waals surface area contributed by atoms with Crippen molar-refractivity contribution in [2.75, 3.05) is 20.2 Å². The molecular weight excluding hydrogens is 290 g/mol. The standard InChI is InChI=1S/C18H19N3O2/c1-13-19-16-12-14(18(23)20(2)10-11-22)8-9-17(16)21(13)15-6-4-3-5-7-15/h3-9,12,22H,10-11H2,1-2H3. The Balaban J connectivity index is 2.05. The second-order valence-electron chi connectivity index (χ2n) is 5.48. The first-order valence-electron chi connectivity index (χ1n) is 7.52. The number of imidazole rings is 1. The minimum Gasteiger partial charge on any atom is -0.395 e. The van der Waals surface area contributed by atoms with E-state index >= 15 is 0 Å². The maximum absolute atomic E-state index is 12.3. The summed E-state index contributed by atoms with van der Waals surface area (Å²) in [7, 11) is 1.68. The summed E-state index contributed by atoms with van der Waals surface area (Å²) in [5.74, 6) is 0.757. The lowest BCUT2D eigenvalue weighted by Gasteiger charge is -2.15. The van der Waals surface area contributed by atoms with Gasteiger partial charge >= 0.3 is 0 Å². The van der Waals surface area contributed by atoms with Crippen LogP contribution < -0.4 is 0 Å². The molecule has 3 aromatic rings. The number of aromatic nitrogens is 2. The lowest BCUT2D eigenvalue weighted by molar-refractivity contribution is 0.0767. The van der Waals surface area contributed by atoms with Crippen LogP contribution in [0.2, 0.25) is 0 Å². The first-order valence-corrected chi connectivity index (χ1v) is 7.52. The predicted octanol–water partition coefficient (Wildman–Crippen LogP) is 2.40. The Labute approximate surface area is 134 Å². The van der Waals surface area contributed by atoms with Crippen molar-refractivity contribution < 1.29 is 9.90 Å². The lowest BCUT2D eigenvalue weighted by Crippen LogP contribution is -2.29. The molecule has 0 aliphatic carbocycles. The van der Waals surface area contributed by atoms with Crippen molar-refractivity contribution in [2.45, 2.75) is 6.92 Å². The largest absolute Gasteiger partial charge is 0.395 e.